The molecular weight excluding hydrogens is 430 g/mol. The molecule has 0 spiro atoms. The Labute approximate surface area is 187 Å². The first kappa shape index (κ1) is 21.2. The van der Waals surface area contributed by atoms with Crippen LogP contribution >= 0.6 is 23.1 Å². The molecule has 4 rings (SSSR count). The molecule has 31 heavy (non-hydrogen) atoms. The molecule has 7 nitrogen and oxygen atoms in total. The van der Waals surface area contributed by atoms with Crippen LogP contribution in [0.1, 0.15) is 42.4 Å². The van der Waals surface area contributed by atoms with Crippen molar-refractivity contribution in [1.29, 1.82) is 0 Å². The number of nitrogens with zero attached hydrogens (tertiary/aromatic N) is 4. The third kappa shape index (κ3) is 5.00. The Balaban J connectivity index is 1.39. The fourth-order valence-corrected chi connectivity index (χ4v) is 4.56. The lowest BCUT2D eigenvalue weighted by Crippen LogP contribution is -2.14. The molecule has 3 heterocycles. The van der Waals surface area contributed by atoms with Crippen LogP contribution in [0.4, 0.5) is 5.13 Å². The molecule has 1 N–H and O–H groups in total. The van der Waals surface area contributed by atoms with Crippen LogP contribution in [-0.4, -0.2) is 25.5 Å². The number of hydrogen-bond acceptors (Lipinski definition) is 7. The van der Waals surface area contributed by atoms with Gasteiger partial charge in [-0.1, -0.05) is 62.1 Å². The summed E-state index contributed by atoms with van der Waals surface area (Å²) in [6, 6.07) is 14.5. The van der Waals surface area contributed by atoms with Crippen molar-refractivity contribution in [3.63, 3.8) is 0 Å². The minimum absolute atomic E-state index is 0.0335. The molecular formula is C22H21N5O2S2. The number of thioether (sulfide) groups is 1. The van der Waals surface area contributed by atoms with Gasteiger partial charge in [0.2, 0.25) is 5.13 Å². The van der Waals surface area contributed by atoms with Gasteiger partial charge in [-0.2, -0.15) is 0 Å². The van der Waals surface area contributed by atoms with Crippen LogP contribution in [0.15, 0.2) is 63.9 Å². The highest BCUT2D eigenvalue weighted by Crippen LogP contribution is 2.28. The number of pyridine rings is 1. The molecule has 3 aromatic heterocycles. The molecule has 0 aliphatic rings. The second-order valence-electron chi connectivity index (χ2n) is 7.96. The number of carbonyl (C=O) groups is 1. The molecule has 0 aliphatic carbocycles. The number of carbonyl (C=O) groups excluding carboxylic acids is 1. The maximum atomic E-state index is 12.5. The van der Waals surface area contributed by atoms with E-state index in [1.165, 1.54) is 39.1 Å². The Hall–Kier alpha value is -3.04. The first-order valence-corrected chi connectivity index (χ1v) is 11.5. The van der Waals surface area contributed by atoms with Crippen molar-refractivity contribution in [2.75, 3.05) is 5.32 Å². The summed E-state index contributed by atoms with van der Waals surface area (Å²) in [5.74, 6) is 0.259. The SMILES string of the molecule is CC(C)(C)c1ccc(C(=O)Nc2nnc(SCc3cc(=O)n4ccccc4n3)s2)cc1. The first-order chi connectivity index (χ1) is 14.8. The van der Waals surface area contributed by atoms with Crippen molar-refractivity contribution in [3.8, 4) is 0 Å². The predicted octanol–water partition coefficient (Wildman–Crippen LogP) is 4.39. The second-order valence-corrected chi connectivity index (χ2v) is 10.2. The van der Waals surface area contributed by atoms with Crippen molar-refractivity contribution in [1.82, 2.24) is 19.6 Å². The normalized spacial score (nSPS) is 11.6. The molecule has 0 fully saturated rings. The summed E-state index contributed by atoms with van der Waals surface area (Å²) in [6.07, 6.45) is 1.69. The number of fused-ring (bicyclic) bond motifs is 1. The summed E-state index contributed by atoms with van der Waals surface area (Å²) in [5.41, 5.74) is 2.92. The Morgan fingerprint density at radius 2 is 1.90 bits per heavy atom. The number of aromatic nitrogens is 4. The van der Waals surface area contributed by atoms with Gasteiger partial charge in [0.25, 0.3) is 11.5 Å². The summed E-state index contributed by atoms with van der Waals surface area (Å²) in [7, 11) is 0. The lowest BCUT2D eigenvalue weighted by Gasteiger charge is -2.18. The molecule has 0 unspecified atom stereocenters. The highest BCUT2D eigenvalue weighted by Gasteiger charge is 2.15. The van der Waals surface area contributed by atoms with Crippen molar-refractivity contribution >= 4 is 39.8 Å². The van der Waals surface area contributed by atoms with E-state index in [1.807, 2.05) is 30.3 Å². The molecule has 0 bridgehead atoms. The van der Waals surface area contributed by atoms with Crippen LogP contribution in [0, 0.1) is 0 Å². The average molecular weight is 452 g/mol. The van der Waals surface area contributed by atoms with Gasteiger partial charge in [-0.15, -0.1) is 10.2 Å². The fraction of sp³-hybridized carbons (Fsp3) is 0.227. The van der Waals surface area contributed by atoms with E-state index in [0.29, 0.717) is 32.1 Å². The van der Waals surface area contributed by atoms with Crippen LogP contribution in [0.5, 0.6) is 0 Å². The highest BCUT2D eigenvalue weighted by molar-refractivity contribution is 8.00. The second kappa shape index (κ2) is 8.60. The smallest absolute Gasteiger partial charge is 0.258 e. The number of anilines is 1. The largest absolute Gasteiger partial charge is 0.296 e. The molecule has 0 aliphatic heterocycles. The van der Waals surface area contributed by atoms with Crippen molar-refractivity contribution in [3.05, 3.63) is 81.9 Å². The van der Waals surface area contributed by atoms with Gasteiger partial charge in [-0.25, -0.2) is 4.98 Å². The quantitative estimate of drug-likeness (QED) is 0.358. The summed E-state index contributed by atoms with van der Waals surface area (Å²) in [4.78, 5) is 29.2. The zero-order chi connectivity index (χ0) is 22.0. The number of amides is 1. The van der Waals surface area contributed by atoms with Gasteiger partial charge in [0.1, 0.15) is 5.65 Å². The van der Waals surface area contributed by atoms with Gasteiger partial charge >= 0.3 is 0 Å². The summed E-state index contributed by atoms with van der Waals surface area (Å²) < 4.78 is 2.19. The molecule has 1 aromatic carbocycles. The molecule has 158 valence electrons. The maximum Gasteiger partial charge on any atom is 0.258 e. The molecule has 0 saturated heterocycles. The van der Waals surface area contributed by atoms with E-state index in [9.17, 15) is 9.59 Å². The van der Waals surface area contributed by atoms with Gasteiger partial charge < -0.3 is 0 Å². The van der Waals surface area contributed by atoms with Crippen LogP contribution in [0.25, 0.3) is 5.65 Å². The van der Waals surface area contributed by atoms with Gasteiger partial charge in [-0.05, 0) is 35.2 Å². The Morgan fingerprint density at radius 1 is 1.13 bits per heavy atom. The zero-order valence-electron chi connectivity index (χ0n) is 17.3. The molecule has 4 aromatic rings. The molecule has 0 atom stereocenters. The summed E-state index contributed by atoms with van der Waals surface area (Å²) >= 11 is 2.71. The van der Waals surface area contributed by atoms with E-state index in [-0.39, 0.29) is 16.9 Å². The standard InChI is InChI=1S/C22H21N5O2S2/c1-22(2,3)15-9-7-14(8-10-15)19(29)24-20-25-26-21(31-20)30-13-16-12-18(28)27-11-5-4-6-17(27)23-16/h4-12H,13H2,1-3H3,(H,24,25,29). The topological polar surface area (TPSA) is 89.2 Å². The Bertz CT molecular complexity index is 1290. The minimum atomic E-state index is -0.225. The van der Waals surface area contributed by atoms with Gasteiger partial charge in [0.05, 0.1) is 5.69 Å². The zero-order valence-corrected chi connectivity index (χ0v) is 19.0. The third-order valence-corrected chi connectivity index (χ3v) is 6.61. The Kier molecular flexibility index (Phi) is 5.88. The fourth-order valence-electron chi connectivity index (χ4n) is 2.92. The van der Waals surface area contributed by atoms with Crippen molar-refractivity contribution in [2.45, 2.75) is 36.3 Å². The first-order valence-electron chi connectivity index (χ1n) is 9.65. The van der Waals surface area contributed by atoms with Crippen molar-refractivity contribution in [2.24, 2.45) is 0 Å². The molecule has 9 heteroatoms. The van der Waals surface area contributed by atoms with Gasteiger partial charge in [0, 0.05) is 23.6 Å². The molecule has 0 saturated carbocycles. The number of nitrogens with one attached hydrogen (secondary N) is 1. The summed E-state index contributed by atoms with van der Waals surface area (Å²) in [6.45, 7) is 6.39. The van der Waals surface area contributed by atoms with Crippen LogP contribution in [-0.2, 0) is 11.2 Å². The van der Waals surface area contributed by atoms with E-state index in [4.69, 9.17) is 0 Å². The van der Waals surface area contributed by atoms with E-state index >= 15 is 0 Å². The third-order valence-electron chi connectivity index (χ3n) is 4.61. The highest BCUT2D eigenvalue weighted by atomic mass is 32.2. The van der Waals surface area contributed by atoms with Crippen molar-refractivity contribution < 1.29 is 4.79 Å². The van der Waals surface area contributed by atoms with Crippen LogP contribution < -0.4 is 10.9 Å². The molecule has 1 amide bonds. The monoisotopic (exact) mass is 451 g/mol. The van der Waals surface area contributed by atoms with Crippen LogP contribution in [0.2, 0.25) is 0 Å². The van der Waals surface area contributed by atoms with Crippen LogP contribution in [0.3, 0.4) is 0 Å². The van der Waals surface area contributed by atoms with E-state index in [0.717, 1.165) is 0 Å². The lowest BCUT2D eigenvalue weighted by molar-refractivity contribution is 0.102. The van der Waals surface area contributed by atoms with E-state index in [2.05, 4.69) is 41.3 Å². The molecule has 0 radical (unpaired) electrons. The van der Waals surface area contributed by atoms with E-state index < -0.39 is 0 Å². The maximum absolute atomic E-state index is 12.5. The number of rotatable bonds is 5. The number of hydrogen-bond donors (Lipinski definition) is 1. The van der Waals surface area contributed by atoms with Gasteiger partial charge in [-0.3, -0.25) is 19.3 Å². The summed E-state index contributed by atoms with van der Waals surface area (Å²) in [5, 5.41) is 11.4. The van der Waals surface area contributed by atoms with Gasteiger partial charge in [0.15, 0.2) is 4.34 Å². The lowest BCUT2D eigenvalue weighted by atomic mass is 9.87. The average Bonchev–Trinajstić information content (AvgIpc) is 3.19. The number of benzene rings is 1. The van der Waals surface area contributed by atoms with E-state index in [1.54, 1.807) is 18.3 Å². The predicted molar refractivity (Wildman–Crippen MR) is 124 cm³/mol. The Morgan fingerprint density at radius 3 is 2.65 bits per heavy atom. The minimum Gasteiger partial charge on any atom is -0.296 e.